The molecule has 0 aliphatic heterocycles. The lowest BCUT2D eigenvalue weighted by molar-refractivity contribution is -0.384. The van der Waals surface area contributed by atoms with Crippen LogP contribution < -0.4 is 10.1 Å². The third kappa shape index (κ3) is 3.77. The molecule has 1 heterocycles. The summed E-state index contributed by atoms with van der Waals surface area (Å²) in [6.45, 7) is 0. The molecule has 0 saturated heterocycles. The highest BCUT2D eigenvalue weighted by Gasteiger charge is 2.13. The number of ether oxygens (including phenoxy) is 1. The van der Waals surface area contributed by atoms with E-state index in [9.17, 15) is 14.9 Å². The highest BCUT2D eigenvalue weighted by molar-refractivity contribution is 6.05. The number of nitro benzene ring substituents is 1. The van der Waals surface area contributed by atoms with Gasteiger partial charge in [-0.05, 0) is 48.5 Å². The number of nitrogens with zero attached hydrogens (tertiary/aromatic N) is 2. The smallest absolute Gasteiger partial charge is 0.270 e. The van der Waals surface area contributed by atoms with Crippen LogP contribution >= 0.6 is 0 Å². The average molecular weight is 388 g/mol. The average Bonchev–Trinajstić information content (AvgIpc) is 3.17. The Kier molecular flexibility index (Phi) is 4.66. The summed E-state index contributed by atoms with van der Waals surface area (Å²) < 4.78 is 5.17. The van der Waals surface area contributed by atoms with Gasteiger partial charge in [-0.3, -0.25) is 14.9 Å². The van der Waals surface area contributed by atoms with E-state index in [1.807, 2.05) is 24.3 Å². The van der Waals surface area contributed by atoms with Crippen LogP contribution in [-0.2, 0) is 0 Å². The van der Waals surface area contributed by atoms with Crippen molar-refractivity contribution in [1.82, 2.24) is 9.97 Å². The standard InChI is InChI=1S/C21H16N4O4/c1-29-17-8-5-13(6-9-17)20-23-18-10-7-15(12-19(18)24-20)22-21(26)14-3-2-4-16(11-14)25(27)28/h2-12H,1H3,(H,22,26)(H,23,24). The molecule has 0 radical (unpaired) electrons. The van der Waals surface area contributed by atoms with Gasteiger partial charge in [-0.2, -0.15) is 0 Å². The summed E-state index contributed by atoms with van der Waals surface area (Å²) in [7, 11) is 1.61. The Morgan fingerprint density at radius 1 is 1.10 bits per heavy atom. The number of nitro groups is 1. The zero-order chi connectivity index (χ0) is 20.4. The highest BCUT2D eigenvalue weighted by Crippen LogP contribution is 2.25. The number of carbonyl (C=O) groups is 1. The van der Waals surface area contributed by atoms with Gasteiger partial charge in [0.1, 0.15) is 11.6 Å². The Hall–Kier alpha value is -4.20. The summed E-state index contributed by atoms with van der Waals surface area (Å²) in [5.74, 6) is 1.03. The number of aromatic nitrogens is 2. The number of aromatic amines is 1. The quantitative estimate of drug-likeness (QED) is 0.389. The minimum Gasteiger partial charge on any atom is -0.497 e. The van der Waals surface area contributed by atoms with E-state index in [1.54, 1.807) is 25.3 Å². The van der Waals surface area contributed by atoms with Gasteiger partial charge in [0, 0.05) is 28.9 Å². The van der Waals surface area contributed by atoms with Gasteiger partial charge in [0.2, 0.25) is 0 Å². The molecule has 8 nitrogen and oxygen atoms in total. The lowest BCUT2D eigenvalue weighted by Gasteiger charge is -2.05. The van der Waals surface area contributed by atoms with E-state index in [-0.39, 0.29) is 11.3 Å². The van der Waals surface area contributed by atoms with Gasteiger partial charge in [0.15, 0.2) is 0 Å². The van der Waals surface area contributed by atoms with Crippen molar-refractivity contribution >= 4 is 28.3 Å². The van der Waals surface area contributed by atoms with Crippen LogP contribution in [0, 0.1) is 10.1 Å². The normalized spacial score (nSPS) is 10.7. The first kappa shape index (κ1) is 18.2. The maximum absolute atomic E-state index is 12.4. The number of anilines is 1. The molecule has 29 heavy (non-hydrogen) atoms. The Morgan fingerprint density at radius 2 is 1.90 bits per heavy atom. The molecule has 0 atom stereocenters. The number of fused-ring (bicyclic) bond motifs is 1. The number of hydrogen-bond donors (Lipinski definition) is 2. The molecule has 0 bridgehead atoms. The van der Waals surface area contributed by atoms with Crippen molar-refractivity contribution in [2.45, 2.75) is 0 Å². The van der Waals surface area contributed by atoms with Crippen molar-refractivity contribution < 1.29 is 14.5 Å². The summed E-state index contributed by atoms with van der Waals surface area (Å²) >= 11 is 0. The fourth-order valence-corrected chi connectivity index (χ4v) is 2.94. The van der Waals surface area contributed by atoms with E-state index >= 15 is 0 Å². The molecule has 0 aliphatic rings. The van der Waals surface area contributed by atoms with E-state index in [0.717, 1.165) is 22.3 Å². The molecule has 2 N–H and O–H groups in total. The number of imidazole rings is 1. The maximum atomic E-state index is 12.4. The molecule has 8 heteroatoms. The van der Waals surface area contributed by atoms with Crippen LogP contribution in [-0.4, -0.2) is 27.9 Å². The first-order chi connectivity index (χ1) is 14.0. The summed E-state index contributed by atoms with van der Waals surface area (Å²) in [4.78, 5) is 30.6. The molecule has 144 valence electrons. The van der Waals surface area contributed by atoms with Crippen LogP contribution in [0.4, 0.5) is 11.4 Å². The molecular weight excluding hydrogens is 372 g/mol. The number of amides is 1. The number of methoxy groups -OCH3 is 1. The Bertz CT molecular complexity index is 1220. The van der Waals surface area contributed by atoms with E-state index in [1.165, 1.54) is 24.3 Å². The van der Waals surface area contributed by atoms with Gasteiger partial charge in [0.25, 0.3) is 11.6 Å². The van der Waals surface area contributed by atoms with E-state index in [2.05, 4.69) is 15.3 Å². The number of rotatable bonds is 5. The number of hydrogen-bond acceptors (Lipinski definition) is 5. The lowest BCUT2D eigenvalue weighted by atomic mass is 10.2. The van der Waals surface area contributed by atoms with Gasteiger partial charge in [0.05, 0.1) is 23.1 Å². The zero-order valence-electron chi connectivity index (χ0n) is 15.4. The molecule has 0 aliphatic carbocycles. The minimum absolute atomic E-state index is 0.134. The first-order valence-corrected chi connectivity index (χ1v) is 8.73. The number of H-pyrrole nitrogens is 1. The highest BCUT2D eigenvalue weighted by atomic mass is 16.6. The molecule has 3 aromatic carbocycles. The second-order valence-corrected chi connectivity index (χ2v) is 6.31. The third-order valence-corrected chi connectivity index (χ3v) is 4.42. The topological polar surface area (TPSA) is 110 Å². The number of benzene rings is 3. The van der Waals surface area contributed by atoms with Crippen molar-refractivity contribution in [3.63, 3.8) is 0 Å². The van der Waals surface area contributed by atoms with Gasteiger partial charge in [-0.25, -0.2) is 4.98 Å². The largest absolute Gasteiger partial charge is 0.497 e. The minimum atomic E-state index is -0.534. The molecule has 4 rings (SSSR count). The monoisotopic (exact) mass is 388 g/mol. The summed E-state index contributed by atoms with van der Waals surface area (Å²) in [6.07, 6.45) is 0. The van der Waals surface area contributed by atoms with Crippen LogP contribution in [0.2, 0.25) is 0 Å². The summed E-state index contributed by atoms with van der Waals surface area (Å²) in [5, 5.41) is 13.6. The predicted molar refractivity (Wildman–Crippen MR) is 109 cm³/mol. The fourth-order valence-electron chi connectivity index (χ4n) is 2.94. The molecule has 0 fully saturated rings. The van der Waals surface area contributed by atoms with Gasteiger partial charge in [-0.15, -0.1) is 0 Å². The number of non-ortho nitro benzene ring substituents is 1. The number of nitrogens with one attached hydrogen (secondary N) is 2. The van der Waals surface area contributed by atoms with Crippen molar-refractivity contribution in [1.29, 1.82) is 0 Å². The molecule has 4 aromatic rings. The molecule has 0 spiro atoms. The van der Waals surface area contributed by atoms with Crippen LogP contribution in [0.15, 0.2) is 66.7 Å². The van der Waals surface area contributed by atoms with Crippen molar-refractivity contribution in [2.24, 2.45) is 0 Å². The fraction of sp³-hybridized carbons (Fsp3) is 0.0476. The number of carbonyl (C=O) groups excluding carboxylic acids is 1. The third-order valence-electron chi connectivity index (χ3n) is 4.42. The second-order valence-electron chi connectivity index (χ2n) is 6.31. The lowest BCUT2D eigenvalue weighted by Crippen LogP contribution is -2.12. The summed E-state index contributed by atoms with van der Waals surface area (Å²) in [6, 6.07) is 18.4. The zero-order valence-corrected chi connectivity index (χ0v) is 15.4. The van der Waals surface area contributed by atoms with Crippen molar-refractivity contribution in [3.05, 3.63) is 82.4 Å². The Labute approximate surface area is 165 Å². The van der Waals surface area contributed by atoms with Crippen LogP contribution in [0.5, 0.6) is 5.75 Å². The van der Waals surface area contributed by atoms with Crippen LogP contribution in [0.25, 0.3) is 22.4 Å². The SMILES string of the molecule is COc1ccc(-c2nc3ccc(NC(=O)c4cccc([N+](=O)[O-])c4)cc3[nH]2)cc1. The molecule has 1 aromatic heterocycles. The van der Waals surface area contributed by atoms with E-state index in [0.29, 0.717) is 11.5 Å². The van der Waals surface area contributed by atoms with Crippen LogP contribution in [0.3, 0.4) is 0 Å². The summed E-state index contributed by atoms with van der Waals surface area (Å²) in [5.41, 5.74) is 3.05. The molecule has 0 unspecified atom stereocenters. The second kappa shape index (κ2) is 7.43. The maximum Gasteiger partial charge on any atom is 0.270 e. The van der Waals surface area contributed by atoms with Gasteiger partial charge < -0.3 is 15.0 Å². The van der Waals surface area contributed by atoms with Crippen molar-refractivity contribution in [3.8, 4) is 17.1 Å². The molecular formula is C21H16N4O4. The van der Waals surface area contributed by atoms with Gasteiger partial charge >= 0.3 is 0 Å². The van der Waals surface area contributed by atoms with E-state index < -0.39 is 10.8 Å². The van der Waals surface area contributed by atoms with Gasteiger partial charge in [-0.1, -0.05) is 6.07 Å². The van der Waals surface area contributed by atoms with E-state index in [4.69, 9.17) is 4.74 Å². The van der Waals surface area contributed by atoms with Crippen LogP contribution in [0.1, 0.15) is 10.4 Å². The Morgan fingerprint density at radius 3 is 2.62 bits per heavy atom. The first-order valence-electron chi connectivity index (χ1n) is 8.73. The molecule has 0 saturated carbocycles. The predicted octanol–water partition coefficient (Wildman–Crippen LogP) is 4.40. The Balaban J connectivity index is 1.58. The molecule has 1 amide bonds. The van der Waals surface area contributed by atoms with Crippen molar-refractivity contribution in [2.75, 3.05) is 12.4 Å².